The third kappa shape index (κ3) is 3.77. The summed E-state index contributed by atoms with van der Waals surface area (Å²) in [5.74, 6) is 0.420. The largest absolute Gasteiger partial charge is 0.482 e. The van der Waals surface area contributed by atoms with Crippen LogP contribution in [0.2, 0.25) is 0 Å². The van der Waals surface area contributed by atoms with Gasteiger partial charge in [0.2, 0.25) is 5.91 Å². The van der Waals surface area contributed by atoms with Gasteiger partial charge in [-0.05, 0) is 43.5 Å². The molecule has 0 saturated carbocycles. The highest BCUT2D eigenvalue weighted by molar-refractivity contribution is 6.06. The van der Waals surface area contributed by atoms with Gasteiger partial charge in [0.15, 0.2) is 12.7 Å². The van der Waals surface area contributed by atoms with Crippen molar-refractivity contribution in [3.8, 4) is 11.5 Å². The summed E-state index contributed by atoms with van der Waals surface area (Å²) < 4.78 is 11.5. The molecule has 0 aromatic heterocycles. The maximum atomic E-state index is 13.4. The highest BCUT2D eigenvalue weighted by atomic mass is 16.5. The number of fused-ring (bicyclic) bond motifs is 2. The van der Waals surface area contributed by atoms with Crippen LogP contribution in [-0.4, -0.2) is 61.5 Å². The van der Waals surface area contributed by atoms with E-state index in [1.807, 2.05) is 23.1 Å². The van der Waals surface area contributed by atoms with Gasteiger partial charge in [-0.2, -0.15) is 0 Å². The van der Waals surface area contributed by atoms with E-state index in [1.165, 1.54) is 4.90 Å². The lowest BCUT2D eigenvalue weighted by Crippen LogP contribution is -2.55. The Morgan fingerprint density at radius 1 is 0.906 bits per heavy atom. The summed E-state index contributed by atoms with van der Waals surface area (Å²) in [5, 5.41) is 0. The molecule has 3 aliphatic heterocycles. The van der Waals surface area contributed by atoms with Crippen molar-refractivity contribution in [1.29, 1.82) is 0 Å². The van der Waals surface area contributed by atoms with Crippen LogP contribution in [0.1, 0.15) is 19.3 Å². The molecule has 32 heavy (non-hydrogen) atoms. The third-order valence-corrected chi connectivity index (χ3v) is 6.12. The number of rotatable bonds is 3. The molecule has 2 aromatic carbocycles. The first-order valence-corrected chi connectivity index (χ1v) is 11.0. The first kappa shape index (κ1) is 20.4. The van der Waals surface area contributed by atoms with Gasteiger partial charge < -0.3 is 19.3 Å². The van der Waals surface area contributed by atoms with Crippen molar-refractivity contribution < 1.29 is 23.9 Å². The molecular weight excluding hydrogens is 410 g/mol. The molecule has 1 saturated heterocycles. The van der Waals surface area contributed by atoms with Crippen molar-refractivity contribution in [2.75, 3.05) is 42.6 Å². The van der Waals surface area contributed by atoms with Crippen LogP contribution in [0.4, 0.5) is 11.4 Å². The molecule has 1 atom stereocenters. The van der Waals surface area contributed by atoms with Gasteiger partial charge in [-0.1, -0.05) is 24.3 Å². The highest BCUT2D eigenvalue weighted by Gasteiger charge is 2.37. The molecule has 1 fully saturated rings. The van der Waals surface area contributed by atoms with Crippen molar-refractivity contribution >= 4 is 29.1 Å². The van der Waals surface area contributed by atoms with E-state index in [4.69, 9.17) is 9.47 Å². The minimum atomic E-state index is -0.764. The predicted octanol–water partition coefficient (Wildman–Crippen LogP) is 2.22. The lowest BCUT2D eigenvalue weighted by atomic mass is 10.1. The third-order valence-electron chi connectivity index (χ3n) is 6.12. The number of benzene rings is 2. The standard InChI is InChI=1S/C24H25N3O5/c28-22(15-27-17-8-2-4-10-19(17)31-16-23(27)29)26-14-21(24(30)25-12-6-1-7-13-25)32-20-11-5-3-9-18(20)26/h2-5,8-11,21H,1,6-7,12-16H2/t21-/m1/s1. The van der Waals surface area contributed by atoms with E-state index < -0.39 is 6.10 Å². The number of hydrogen-bond donors (Lipinski definition) is 0. The maximum absolute atomic E-state index is 13.4. The number of anilines is 2. The van der Waals surface area contributed by atoms with Crippen LogP contribution in [0, 0.1) is 0 Å². The lowest BCUT2D eigenvalue weighted by Gasteiger charge is -2.38. The molecular formula is C24H25N3O5. The zero-order valence-corrected chi connectivity index (χ0v) is 17.7. The fourth-order valence-electron chi connectivity index (χ4n) is 4.47. The smallest absolute Gasteiger partial charge is 0.265 e. The number of piperidine rings is 1. The second-order valence-corrected chi connectivity index (χ2v) is 8.20. The summed E-state index contributed by atoms with van der Waals surface area (Å²) in [6.45, 7) is 1.30. The summed E-state index contributed by atoms with van der Waals surface area (Å²) in [5.41, 5.74) is 1.17. The van der Waals surface area contributed by atoms with E-state index in [0.717, 1.165) is 19.3 Å². The number of hydrogen-bond acceptors (Lipinski definition) is 5. The van der Waals surface area contributed by atoms with Gasteiger partial charge in [0, 0.05) is 13.1 Å². The fraction of sp³-hybridized carbons (Fsp3) is 0.375. The number of nitrogens with zero attached hydrogens (tertiary/aromatic N) is 3. The summed E-state index contributed by atoms with van der Waals surface area (Å²) in [7, 11) is 0. The summed E-state index contributed by atoms with van der Waals surface area (Å²) in [4.78, 5) is 43.9. The molecule has 0 bridgehead atoms. The van der Waals surface area contributed by atoms with Gasteiger partial charge in [0.25, 0.3) is 11.8 Å². The molecule has 0 aliphatic carbocycles. The zero-order chi connectivity index (χ0) is 22.1. The fourth-order valence-corrected chi connectivity index (χ4v) is 4.47. The molecule has 8 heteroatoms. The van der Waals surface area contributed by atoms with Gasteiger partial charge in [-0.3, -0.25) is 19.3 Å². The van der Waals surface area contributed by atoms with E-state index in [0.29, 0.717) is 36.0 Å². The molecule has 2 aromatic rings. The van der Waals surface area contributed by atoms with E-state index in [-0.39, 0.29) is 37.4 Å². The van der Waals surface area contributed by atoms with Crippen molar-refractivity contribution in [1.82, 2.24) is 4.90 Å². The van der Waals surface area contributed by atoms with E-state index in [1.54, 1.807) is 35.2 Å². The Kier molecular flexibility index (Phi) is 5.43. The number of para-hydroxylation sites is 4. The average Bonchev–Trinajstić information content (AvgIpc) is 2.85. The van der Waals surface area contributed by atoms with Gasteiger partial charge in [0.05, 0.1) is 17.9 Å². The normalized spacial score (nSPS) is 20.1. The number of ether oxygens (including phenoxy) is 2. The average molecular weight is 435 g/mol. The number of carbonyl (C=O) groups is 3. The van der Waals surface area contributed by atoms with Crippen LogP contribution >= 0.6 is 0 Å². The summed E-state index contributed by atoms with van der Waals surface area (Å²) in [6.07, 6.45) is 2.32. The van der Waals surface area contributed by atoms with Crippen LogP contribution in [0.3, 0.4) is 0 Å². The van der Waals surface area contributed by atoms with Crippen molar-refractivity contribution in [3.63, 3.8) is 0 Å². The van der Waals surface area contributed by atoms with Gasteiger partial charge >= 0.3 is 0 Å². The predicted molar refractivity (Wildman–Crippen MR) is 118 cm³/mol. The van der Waals surface area contributed by atoms with Gasteiger partial charge in [-0.25, -0.2) is 0 Å². The monoisotopic (exact) mass is 435 g/mol. The van der Waals surface area contributed by atoms with Crippen molar-refractivity contribution in [2.45, 2.75) is 25.4 Å². The number of carbonyl (C=O) groups excluding carboxylic acids is 3. The maximum Gasteiger partial charge on any atom is 0.265 e. The Labute approximate surface area is 186 Å². The van der Waals surface area contributed by atoms with Crippen molar-refractivity contribution in [2.24, 2.45) is 0 Å². The molecule has 3 aliphatic rings. The van der Waals surface area contributed by atoms with E-state index in [9.17, 15) is 14.4 Å². The minimum absolute atomic E-state index is 0.0928. The first-order chi connectivity index (χ1) is 15.6. The van der Waals surface area contributed by atoms with Crippen LogP contribution in [-0.2, 0) is 14.4 Å². The molecule has 5 rings (SSSR count). The highest BCUT2D eigenvalue weighted by Crippen LogP contribution is 2.35. The van der Waals surface area contributed by atoms with Crippen LogP contribution < -0.4 is 19.3 Å². The first-order valence-electron chi connectivity index (χ1n) is 11.0. The Morgan fingerprint density at radius 2 is 1.59 bits per heavy atom. The van der Waals surface area contributed by atoms with Crippen LogP contribution in [0.25, 0.3) is 0 Å². The van der Waals surface area contributed by atoms with E-state index in [2.05, 4.69) is 0 Å². The van der Waals surface area contributed by atoms with Crippen LogP contribution in [0.15, 0.2) is 48.5 Å². The second kappa shape index (κ2) is 8.53. The number of amides is 3. The molecule has 0 unspecified atom stereocenters. The molecule has 3 amide bonds. The molecule has 0 N–H and O–H groups in total. The Bertz CT molecular complexity index is 1050. The SMILES string of the molecule is O=C([C@H]1CN(C(=O)CN2C(=O)COc3ccccc32)c2ccccc2O1)N1CCCCC1. The molecule has 0 radical (unpaired) electrons. The topological polar surface area (TPSA) is 79.4 Å². The Balaban J connectivity index is 1.40. The van der Waals surface area contributed by atoms with E-state index >= 15 is 0 Å². The quantitative estimate of drug-likeness (QED) is 0.739. The molecule has 8 nitrogen and oxygen atoms in total. The Morgan fingerprint density at radius 3 is 2.38 bits per heavy atom. The zero-order valence-electron chi connectivity index (χ0n) is 17.7. The minimum Gasteiger partial charge on any atom is -0.482 e. The summed E-state index contributed by atoms with van der Waals surface area (Å²) >= 11 is 0. The van der Waals surface area contributed by atoms with Gasteiger partial charge in [0.1, 0.15) is 18.0 Å². The second-order valence-electron chi connectivity index (χ2n) is 8.20. The van der Waals surface area contributed by atoms with Gasteiger partial charge in [-0.15, -0.1) is 0 Å². The van der Waals surface area contributed by atoms with Crippen LogP contribution in [0.5, 0.6) is 11.5 Å². The molecule has 166 valence electrons. The molecule has 3 heterocycles. The Hall–Kier alpha value is -3.55. The summed E-state index contributed by atoms with van der Waals surface area (Å²) in [6, 6.07) is 14.4. The lowest BCUT2D eigenvalue weighted by molar-refractivity contribution is -0.139. The molecule has 0 spiro atoms. The number of likely N-dealkylation sites (tertiary alicyclic amines) is 1. The van der Waals surface area contributed by atoms with Crippen molar-refractivity contribution in [3.05, 3.63) is 48.5 Å².